The van der Waals surface area contributed by atoms with Crippen molar-refractivity contribution in [2.45, 2.75) is 6.54 Å². The molecule has 0 amide bonds. The number of hydrogen-bond acceptors (Lipinski definition) is 4. The van der Waals surface area contributed by atoms with E-state index in [9.17, 15) is 0 Å². The second kappa shape index (κ2) is 7.17. The molecule has 2 aromatic rings. The Morgan fingerprint density at radius 3 is 2.57 bits per heavy atom. The fourth-order valence-corrected chi connectivity index (χ4v) is 3.04. The number of nitriles is 1. The first-order valence-electron chi connectivity index (χ1n) is 7.89. The van der Waals surface area contributed by atoms with Crippen LogP contribution in [-0.2, 0) is 6.54 Å². The first-order chi connectivity index (χ1) is 11.3. The van der Waals surface area contributed by atoms with Crippen LogP contribution in [0, 0.1) is 11.3 Å². The van der Waals surface area contributed by atoms with E-state index in [1.165, 1.54) is 11.3 Å². The molecule has 0 atom stereocenters. The molecule has 118 valence electrons. The second-order valence-corrected chi connectivity index (χ2v) is 5.75. The highest BCUT2D eigenvalue weighted by molar-refractivity contribution is 5.58. The molecule has 4 heteroatoms. The van der Waals surface area contributed by atoms with E-state index in [0.717, 1.165) is 44.0 Å². The van der Waals surface area contributed by atoms with Gasteiger partial charge < -0.3 is 9.64 Å². The van der Waals surface area contributed by atoms with E-state index in [1.54, 1.807) is 7.11 Å². The fraction of sp³-hybridized carbons (Fsp3) is 0.316. The van der Waals surface area contributed by atoms with Crippen LogP contribution in [0.2, 0.25) is 0 Å². The van der Waals surface area contributed by atoms with E-state index < -0.39 is 0 Å². The van der Waals surface area contributed by atoms with Crippen molar-refractivity contribution in [2.24, 2.45) is 0 Å². The minimum absolute atomic E-state index is 0.732. The lowest BCUT2D eigenvalue weighted by Crippen LogP contribution is -2.46. The van der Waals surface area contributed by atoms with E-state index in [0.29, 0.717) is 0 Å². The van der Waals surface area contributed by atoms with Gasteiger partial charge in [0.15, 0.2) is 0 Å². The summed E-state index contributed by atoms with van der Waals surface area (Å²) in [6.45, 7) is 4.88. The van der Waals surface area contributed by atoms with Gasteiger partial charge in [-0.15, -0.1) is 0 Å². The third-order valence-corrected chi connectivity index (χ3v) is 4.26. The number of benzene rings is 2. The van der Waals surface area contributed by atoms with Crippen molar-refractivity contribution >= 4 is 5.69 Å². The van der Waals surface area contributed by atoms with Crippen molar-refractivity contribution in [1.29, 1.82) is 5.26 Å². The summed E-state index contributed by atoms with van der Waals surface area (Å²) in [5, 5.41) is 9.00. The van der Waals surface area contributed by atoms with Gasteiger partial charge in [-0.25, -0.2) is 0 Å². The quantitative estimate of drug-likeness (QED) is 0.871. The van der Waals surface area contributed by atoms with Crippen LogP contribution in [-0.4, -0.2) is 38.2 Å². The first-order valence-corrected chi connectivity index (χ1v) is 7.89. The molecule has 1 heterocycles. The van der Waals surface area contributed by atoms with Gasteiger partial charge in [0.05, 0.1) is 24.4 Å². The van der Waals surface area contributed by atoms with Crippen LogP contribution in [0.1, 0.15) is 11.1 Å². The van der Waals surface area contributed by atoms with Crippen LogP contribution in [0.5, 0.6) is 5.75 Å². The molecule has 0 aliphatic carbocycles. The average Bonchev–Trinajstić information content (AvgIpc) is 2.62. The molecular weight excluding hydrogens is 286 g/mol. The molecule has 0 saturated carbocycles. The number of piperazine rings is 1. The van der Waals surface area contributed by atoms with Gasteiger partial charge in [-0.05, 0) is 29.8 Å². The van der Waals surface area contributed by atoms with Crippen LogP contribution in [0.15, 0.2) is 48.5 Å². The molecule has 4 nitrogen and oxygen atoms in total. The fourth-order valence-electron chi connectivity index (χ4n) is 3.04. The minimum atomic E-state index is 0.732. The summed E-state index contributed by atoms with van der Waals surface area (Å²) >= 11 is 0. The van der Waals surface area contributed by atoms with Crippen molar-refractivity contribution in [3.05, 3.63) is 59.7 Å². The second-order valence-electron chi connectivity index (χ2n) is 5.75. The molecule has 0 radical (unpaired) electrons. The first kappa shape index (κ1) is 15.4. The molecule has 1 fully saturated rings. The van der Waals surface area contributed by atoms with Gasteiger partial charge in [-0.1, -0.05) is 24.3 Å². The van der Waals surface area contributed by atoms with Crippen molar-refractivity contribution in [3.8, 4) is 11.8 Å². The monoisotopic (exact) mass is 307 g/mol. The molecule has 23 heavy (non-hydrogen) atoms. The molecule has 3 rings (SSSR count). The lowest BCUT2D eigenvalue weighted by Gasteiger charge is -2.36. The summed E-state index contributed by atoms with van der Waals surface area (Å²) in [4.78, 5) is 4.81. The van der Waals surface area contributed by atoms with Gasteiger partial charge in [0.2, 0.25) is 0 Å². The summed E-state index contributed by atoms with van der Waals surface area (Å²) in [7, 11) is 1.72. The van der Waals surface area contributed by atoms with E-state index in [-0.39, 0.29) is 0 Å². The average molecular weight is 307 g/mol. The van der Waals surface area contributed by atoms with Gasteiger partial charge in [0, 0.05) is 32.7 Å². The Balaban J connectivity index is 1.61. The number of ether oxygens (including phenoxy) is 1. The number of anilines is 1. The van der Waals surface area contributed by atoms with Crippen molar-refractivity contribution in [3.63, 3.8) is 0 Å². The summed E-state index contributed by atoms with van der Waals surface area (Å²) < 4.78 is 5.46. The predicted molar refractivity (Wildman–Crippen MR) is 91.6 cm³/mol. The Bertz CT molecular complexity index is 700. The normalized spacial score (nSPS) is 15.2. The highest BCUT2D eigenvalue weighted by Crippen LogP contribution is 2.28. The van der Waals surface area contributed by atoms with Crippen molar-refractivity contribution in [2.75, 3.05) is 38.2 Å². The molecule has 0 aromatic heterocycles. The summed E-state index contributed by atoms with van der Waals surface area (Å²) in [5.74, 6) is 0.933. The van der Waals surface area contributed by atoms with Gasteiger partial charge in [-0.2, -0.15) is 5.26 Å². The maximum absolute atomic E-state index is 9.00. The third-order valence-electron chi connectivity index (χ3n) is 4.26. The van der Waals surface area contributed by atoms with Crippen LogP contribution < -0.4 is 9.64 Å². The van der Waals surface area contributed by atoms with E-state index >= 15 is 0 Å². The molecule has 1 aliphatic heterocycles. The van der Waals surface area contributed by atoms with Crippen molar-refractivity contribution < 1.29 is 4.74 Å². The van der Waals surface area contributed by atoms with E-state index in [2.05, 4.69) is 34.1 Å². The smallest absolute Gasteiger partial charge is 0.142 e. The molecule has 0 spiro atoms. The summed E-state index contributed by atoms with van der Waals surface area (Å²) in [6.07, 6.45) is 0. The Morgan fingerprint density at radius 1 is 1.04 bits per heavy atom. The molecule has 1 aliphatic rings. The molecule has 0 bridgehead atoms. The molecular formula is C19H21N3O. The number of para-hydroxylation sites is 2. The minimum Gasteiger partial charge on any atom is -0.495 e. The largest absolute Gasteiger partial charge is 0.495 e. The lowest BCUT2D eigenvalue weighted by atomic mass is 10.1. The number of methoxy groups -OCH3 is 1. The molecule has 0 N–H and O–H groups in total. The van der Waals surface area contributed by atoms with Gasteiger partial charge in [0.25, 0.3) is 0 Å². The molecule has 0 unspecified atom stereocenters. The Kier molecular flexibility index (Phi) is 4.80. The SMILES string of the molecule is COc1ccccc1N1CCN(Cc2cccc(C#N)c2)CC1. The topological polar surface area (TPSA) is 39.5 Å². The van der Waals surface area contributed by atoms with Gasteiger partial charge in [-0.3, -0.25) is 4.90 Å². The van der Waals surface area contributed by atoms with E-state index in [4.69, 9.17) is 10.00 Å². The third kappa shape index (κ3) is 3.64. The van der Waals surface area contributed by atoms with E-state index in [1.807, 2.05) is 30.3 Å². The number of rotatable bonds is 4. The number of nitrogens with zero attached hydrogens (tertiary/aromatic N) is 3. The lowest BCUT2D eigenvalue weighted by molar-refractivity contribution is 0.249. The Hall–Kier alpha value is -2.51. The highest BCUT2D eigenvalue weighted by atomic mass is 16.5. The Labute approximate surface area is 137 Å². The molecule has 1 saturated heterocycles. The van der Waals surface area contributed by atoms with Gasteiger partial charge in [0.1, 0.15) is 5.75 Å². The molecule has 2 aromatic carbocycles. The predicted octanol–water partition coefficient (Wildman–Crippen LogP) is 2.89. The van der Waals surface area contributed by atoms with Crippen LogP contribution >= 0.6 is 0 Å². The summed E-state index contributed by atoms with van der Waals surface area (Å²) in [6, 6.07) is 18.3. The van der Waals surface area contributed by atoms with Crippen LogP contribution in [0.4, 0.5) is 5.69 Å². The number of hydrogen-bond donors (Lipinski definition) is 0. The van der Waals surface area contributed by atoms with Crippen molar-refractivity contribution in [1.82, 2.24) is 4.90 Å². The maximum atomic E-state index is 9.00. The standard InChI is InChI=1S/C19H21N3O/c1-23-19-8-3-2-7-18(19)22-11-9-21(10-12-22)15-17-6-4-5-16(13-17)14-20/h2-8,13H,9-12,15H2,1H3. The van der Waals surface area contributed by atoms with Crippen LogP contribution in [0.25, 0.3) is 0 Å². The highest BCUT2D eigenvalue weighted by Gasteiger charge is 2.19. The summed E-state index contributed by atoms with van der Waals surface area (Å²) in [5.41, 5.74) is 3.10. The van der Waals surface area contributed by atoms with Crippen LogP contribution in [0.3, 0.4) is 0 Å². The zero-order valence-corrected chi connectivity index (χ0v) is 13.4. The Morgan fingerprint density at radius 2 is 1.83 bits per heavy atom. The zero-order valence-electron chi connectivity index (χ0n) is 13.4. The van der Waals surface area contributed by atoms with Gasteiger partial charge >= 0.3 is 0 Å². The maximum Gasteiger partial charge on any atom is 0.142 e. The zero-order chi connectivity index (χ0) is 16.1.